The maximum Gasteiger partial charge on any atom is 0.154 e. The van der Waals surface area contributed by atoms with Crippen LogP contribution in [-0.2, 0) is 7.05 Å². The molecule has 0 aliphatic carbocycles. The number of nitrogens with zero attached hydrogens (tertiary/aromatic N) is 5. The van der Waals surface area contributed by atoms with E-state index in [1.807, 2.05) is 30.2 Å². The molecule has 0 bridgehead atoms. The third-order valence-electron chi connectivity index (χ3n) is 4.13. The lowest BCUT2D eigenvalue weighted by molar-refractivity contribution is 0.122. The largest absolute Gasteiger partial charge is 0.367 e. The molecule has 0 aromatic carbocycles. The number of aryl methyl sites for hydroxylation is 1. The number of rotatable bonds is 3. The van der Waals surface area contributed by atoms with E-state index in [1.54, 1.807) is 0 Å². The topological polar surface area (TPSA) is 49.2 Å². The van der Waals surface area contributed by atoms with Crippen LogP contribution in [0.15, 0.2) is 18.6 Å². The van der Waals surface area contributed by atoms with Crippen molar-refractivity contribution in [2.24, 2.45) is 7.05 Å². The van der Waals surface area contributed by atoms with Crippen molar-refractivity contribution in [2.75, 3.05) is 45.6 Å². The number of nitrogens with one attached hydrogen (secondary N) is 1. The number of pyridine rings is 1. The van der Waals surface area contributed by atoms with E-state index in [1.165, 1.54) is 0 Å². The number of anilines is 1. The minimum Gasteiger partial charge on any atom is -0.367 e. The Morgan fingerprint density at radius 3 is 2.95 bits per heavy atom. The lowest BCUT2D eigenvalue weighted by Crippen LogP contribution is -2.52. The van der Waals surface area contributed by atoms with E-state index in [2.05, 4.69) is 39.2 Å². The summed E-state index contributed by atoms with van der Waals surface area (Å²) in [5.41, 5.74) is 2.05. The Hall–Kier alpha value is -1.66. The van der Waals surface area contributed by atoms with Crippen LogP contribution in [0.3, 0.4) is 0 Å². The van der Waals surface area contributed by atoms with Gasteiger partial charge < -0.3 is 14.8 Å². The lowest BCUT2D eigenvalue weighted by atomic mass is 10.2. The van der Waals surface area contributed by atoms with Crippen molar-refractivity contribution < 1.29 is 0 Å². The summed E-state index contributed by atoms with van der Waals surface area (Å²) < 4.78 is 2.02. The van der Waals surface area contributed by atoms with Gasteiger partial charge in [-0.05, 0) is 20.2 Å². The maximum absolute atomic E-state index is 4.43. The molecular formula is C14H22N6. The molecule has 6 heteroatoms. The van der Waals surface area contributed by atoms with Crippen molar-refractivity contribution in [3.05, 3.63) is 18.6 Å². The molecule has 1 aliphatic heterocycles. The molecule has 3 rings (SSSR count). The zero-order valence-electron chi connectivity index (χ0n) is 12.4. The number of likely N-dealkylation sites (N-methyl/N-ethyl adjacent to an activating group) is 2. The van der Waals surface area contributed by atoms with Crippen molar-refractivity contribution in [3.63, 3.8) is 0 Å². The van der Waals surface area contributed by atoms with Crippen molar-refractivity contribution >= 4 is 16.9 Å². The monoisotopic (exact) mass is 274 g/mol. The van der Waals surface area contributed by atoms with Crippen molar-refractivity contribution in [2.45, 2.75) is 6.04 Å². The second-order valence-electron chi connectivity index (χ2n) is 5.66. The molecule has 1 saturated heterocycles. The highest BCUT2D eigenvalue weighted by molar-refractivity contribution is 5.85. The minimum atomic E-state index is 0.509. The third kappa shape index (κ3) is 2.48. The molecule has 2 aromatic heterocycles. The van der Waals surface area contributed by atoms with E-state index < -0.39 is 0 Å². The normalized spacial score (nSPS) is 21.4. The Morgan fingerprint density at radius 1 is 1.25 bits per heavy atom. The van der Waals surface area contributed by atoms with E-state index in [9.17, 15) is 0 Å². The van der Waals surface area contributed by atoms with Crippen LogP contribution in [0.1, 0.15) is 0 Å². The van der Waals surface area contributed by atoms with Gasteiger partial charge in [0, 0.05) is 45.5 Å². The van der Waals surface area contributed by atoms with Crippen LogP contribution in [0.4, 0.5) is 5.82 Å². The fourth-order valence-electron chi connectivity index (χ4n) is 2.73. The van der Waals surface area contributed by atoms with Gasteiger partial charge in [-0.2, -0.15) is 0 Å². The zero-order chi connectivity index (χ0) is 14.1. The Kier molecular flexibility index (Phi) is 3.58. The number of imidazole rings is 1. The number of aromatic nitrogens is 3. The van der Waals surface area contributed by atoms with E-state index >= 15 is 0 Å². The highest BCUT2D eigenvalue weighted by Gasteiger charge is 2.22. The van der Waals surface area contributed by atoms with Gasteiger partial charge in [0.25, 0.3) is 0 Å². The summed E-state index contributed by atoms with van der Waals surface area (Å²) in [4.78, 5) is 13.6. The SMILES string of the molecule is CN1CCN(C)C(CNc2nccc3c2ncn3C)C1. The average Bonchev–Trinajstić information content (AvgIpc) is 2.82. The van der Waals surface area contributed by atoms with Crippen molar-refractivity contribution in [1.82, 2.24) is 24.3 Å². The summed E-state index contributed by atoms with van der Waals surface area (Å²) in [5.74, 6) is 0.879. The van der Waals surface area contributed by atoms with Crippen LogP contribution in [0.25, 0.3) is 11.0 Å². The predicted octanol–water partition coefficient (Wildman–Crippen LogP) is 0.626. The molecule has 2 aromatic rings. The molecule has 0 saturated carbocycles. The molecule has 3 heterocycles. The maximum atomic E-state index is 4.43. The van der Waals surface area contributed by atoms with Gasteiger partial charge in [0.2, 0.25) is 0 Å². The molecule has 1 aliphatic rings. The summed E-state index contributed by atoms with van der Waals surface area (Å²) in [6, 6.07) is 2.50. The molecule has 1 fully saturated rings. The van der Waals surface area contributed by atoms with Gasteiger partial charge in [-0.3, -0.25) is 4.90 Å². The highest BCUT2D eigenvalue weighted by Crippen LogP contribution is 2.18. The molecule has 20 heavy (non-hydrogen) atoms. The Balaban J connectivity index is 1.73. The Bertz CT molecular complexity index is 592. The number of hydrogen-bond acceptors (Lipinski definition) is 5. The third-order valence-corrected chi connectivity index (χ3v) is 4.13. The molecule has 0 radical (unpaired) electrons. The smallest absolute Gasteiger partial charge is 0.154 e. The first-order valence-electron chi connectivity index (χ1n) is 7.04. The van der Waals surface area contributed by atoms with E-state index in [4.69, 9.17) is 0 Å². The van der Waals surface area contributed by atoms with Gasteiger partial charge in [-0.25, -0.2) is 9.97 Å². The fourth-order valence-corrected chi connectivity index (χ4v) is 2.73. The molecular weight excluding hydrogens is 252 g/mol. The average molecular weight is 274 g/mol. The van der Waals surface area contributed by atoms with E-state index in [0.29, 0.717) is 6.04 Å². The first kappa shape index (κ1) is 13.3. The first-order valence-corrected chi connectivity index (χ1v) is 7.04. The lowest BCUT2D eigenvalue weighted by Gasteiger charge is -2.37. The summed E-state index contributed by atoms with van der Waals surface area (Å²) in [6.45, 7) is 4.23. The minimum absolute atomic E-state index is 0.509. The second kappa shape index (κ2) is 5.38. The highest BCUT2D eigenvalue weighted by atomic mass is 15.3. The van der Waals surface area contributed by atoms with Gasteiger partial charge in [-0.15, -0.1) is 0 Å². The van der Waals surface area contributed by atoms with Crippen LogP contribution >= 0.6 is 0 Å². The van der Waals surface area contributed by atoms with Crippen molar-refractivity contribution in [3.8, 4) is 0 Å². The molecule has 1 atom stereocenters. The van der Waals surface area contributed by atoms with Crippen molar-refractivity contribution in [1.29, 1.82) is 0 Å². The fraction of sp³-hybridized carbons (Fsp3) is 0.571. The Morgan fingerprint density at radius 2 is 2.10 bits per heavy atom. The summed E-state index contributed by atoms with van der Waals surface area (Å²) >= 11 is 0. The zero-order valence-corrected chi connectivity index (χ0v) is 12.4. The molecule has 0 amide bonds. The van der Waals surface area contributed by atoms with Crippen LogP contribution in [0, 0.1) is 0 Å². The second-order valence-corrected chi connectivity index (χ2v) is 5.66. The van der Waals surface area contributed by atoms with Crippen LogP contribution in [-0.4, -0.2) is 70.7 Å². The quantitative estimate of drug-likeness (QED) is 0.889. The Labute approximate surface area is 119 Å². The summed E-state index contributed by atoms with van der Waals surface area (Å²) in [7, 11) is 6.37. The van der Waals surface area contributed by atoms with Gasteiger partial charge in [0.05, 0.1) is 11.8 Å². The van der Waals surface area contributed by atoms with Crippen LogP contribution in [0.2, 0.25) is 0 Å². The van der Waals surface area contributed by atoms with Gasteiger partial charge in [-0.1, -0.05) is 0 Å². The number of fused-ring (bicyclic) bond motifs is 1. The molecule has 6 nitrogen and oxygen atoms in total. The van der Waals surface area contributed by atoms with Gasteiger partial charge >= 0.3 is 0 Å². The van der Waals surface area contributed by atoms with E-state index in [-0.39, 0.29) is 0 Å². The number of piperazine rings is 1. The number of hydrogen-bond donors (Lipinski definition) is 1. The molecule has 1 unspecified atom stereocenters. The van der Waals surface area contributed by atoms with Crippen LogP contribution < -0.4 is 5.32 Å². The first-order chi connectivity index (χ1) is 9.65. The van der Waals surface area contributed by atoms with Crippen LogP contribution in [0.5, 0.6) is 0 Å². The summed E-state index contributed by atoms with van der Waals surface area (Å²) in [5, 5.41) is 3.47. The molecule has 1 N–H and O–H groups in total. The van der Waals surface area contributed by atoms with Gasteiger partial charge in [0.15, 0.2) is 5.82 Å². The summed E-state index contributed by atoms with van der Waals surface area (Å²) in [6.07, 6.45) is 3.67. The molecule has 0 spiro atoms. The standard InChI is InChI=1S/C14H22N6/c1-18-6-7-19(2)11(9-18)8-16-14-13-12(4-5-15-14)20(3)10-17-13/h4-5,10-11H,6-9H2,1-3H3,(H,15,16). The van der Waals surface area contributed by atoms with E-state index in [0.717, 1.165) is 43.0 Å². The van der Waals surface area contributed by atoms with Gasteiger partial charge in [0.1, 0.15) is 5.52 Å². The predicted molar refractivity (Wildman–Crippen MR) is 80.9 cm³/mol. The molecule has 108 valence electrons.